The van der Waals surface area contributed by atoms with Crippen LogP contribution in [0.4, 0.5) is 0 Å². The van der Waals surface area contributed by atoms with Crippen LogP contribution in [0.15, 0.2) is 18.6 Å². The maximum Gasteiger partial charge on any atom is 0.332 e. The van der Waals surface area contributed by atoms with E-state index in [1.807, 2.05) is 0 Å². The number of hydrogen-bond donors (Lipinski definition) is 16. The first-order valence-electron chi connectivity index (χ1n) is 43.2. The molecule has 3 fully saturated rings. The second-order valence-electron chi connectivity index (χ2n) is 32.0. The molecule has 3 aromatic heterocycles. The average Bonchev–Trinajstić information content (AvgIpc) is 0.881. The molecular weight excluding hydrogens is 1860 g/mol. The zero-order chi connectivity index (χ0) is 98.4. The van der Waals surface area contributed by atoms with E-state index in [0.717, 1.165) is 20.8 Å². The van der Waals surface area contributed by atoms with Gasteiger partial charge in [-0.3, -0.25) is 47.7 Å². The molecule has 58 heteroatoms. The van der Waals surface area contributed by atoms with Gasteiger partial charge in [-0.2, -0.15) is 0 Å². The van der Waals surface area contributed by atoms with Crippen molar-refractivity contribution in [2.75, 3.05) is 176 Å². The lowest BCUT2D eigenvalue weighted by molar-refractivity contribution is -0.296. The Bertz CT molecular complexity index is 4000. The molecule has 3 aromatic rings. The Morgan fingerprint density at radius 2 is 0.672 bits per heavy atom. The summed E-state index contributed by atoms with van der Waals surface area (Å²) in [5.74, 6) is -6.92. The van der Waals surface area contributed by atoms with Crippen LogP contribution < -0.4 is 35.4 Å². The van der Waals surface area contributed by atoms with Crippen LogP contribution in [0.3, 0.4) is 0 Å². The normalized spacial score (nSPS) is 22.4. The van der Waals surface area contributed by atoms with Gasteiger partial charge in [-0.05, 0) is 40.0 Å². The zero-order valence-corrected chi connectivity index (χ0v) is 77.9. The van der Waals surface area contributed by atoms with Crippen LogP contribution >= 0.6 is 0 Å². The predicted molar refractivity (Wildman–Crippen MR) is 453 cm³/mol. The summed E-state index contributed by atoms with van der Waals surface area (Å²) >= 11 is 0. The van der Waals surface area contributed by atoms with E-state index in [-0.39, 0.29) is 229 Å². The molecular formula is C76H130N16O39S3. The molecule has 3 saturated heterocycles. The first-order chi connectivity index (χ1) is 63.5. The fourth-order valence-corrected chi connectivity index (χ4v) is 16.0. The quantitative estimate of drug-likeness (QED) is 0.0184. The van der Waals surface area contributed by atoms with Gasteiger partial charge in [0.2, 0.25) is 71.4 Å². The minimum absolute atomic E-state index is 0.0162. The SMILES string of the molecule is CC(=O)NS(=O)(=O)CC[C@H]1O[C@H](OCCc2cn(CCOCCNC(=O)CCOCC(COCCC(=O)NCCOCCn3cc(CCO[C@H]4O[C@H](CCS(=O)(=O)NC(C)=O)[C@@H](O)[C@H](O)[C@@H]4O)nn3)(COCCC(=O)NCCOCCn3cc(CCO[C@H]4O[C@H](CCS(=O)(=O)NC(C)=O)[C@@H](O)[C@H](O)[C@@H]4O)nn3)NC(=O)COCCOCCOCC(=O)OC(C)(C)C)nn2)[C@@H](O)[C@@H](O)[C@@H]1O. The summed E-state index contributed by atoms with van der Waals surface area (Å²) in [6.45, 7) is 6.97. The van der Waals surface area contributed by atoms with Crippen molar-refractivity contribution in [2.45, 2.75) is 222 Å². The summed E-state index contributed by atoms with van der Waals surface area (Å²) in [6, 6.07) is 0. The Kier molecular flexibility index (Phi) is 50.9. The Balaban J connectivity index is 0.978. The number of carbonyl (C=O) groups excluding carboxylic acids is 8. The number of aliphatic hydroxyl groups is 9. The first kappa shape index (κ1) is 115. The summed E-state index contributed by atoms with van der Waals surface area (Å²) in [5.41, 5.74) is -0.922. The summed E-state index contributed by atoms with van der Waals surface area (Å²) in [5, 5.41) is 130. The summed E-state index contributed by atoms with van der Waals surface area (Å²) in [7, 11) is -12.2. The molecule has 55 nitrogen and oxygen atoms in total. The topological polar surface area (TPSA) is 745 Å². The second-order valence-corrected chi connectivity index (χ2v) is 37.6. The zero-order valence-electron chi connectivity index (χ0n) is 75.5. The van der Waals surface area contributed by atoms with Gasteiger partial charge in [-0.25, -0.2) is 44.1 Å². The van der Waals surface area contributed by atoms with E-state index in [1.54, 1.807) is 53.5 Å². The van der Waals surface area contributed by atoms with Gasteiger partial charge in [0, 0.05) is 97.5 Å². The van der Waals surface area contributed by atoms with E-state index in [2.05, 4.69) is 52.2 Å². The number of carbonyl (C=O) groups is 8. The van der Waals surface area contributed by atoms with Crippen LogP contribution in [0.1, 0.15) is 97.1 Å². The van der Waals surface area contributed by atoms with Crippen molar-refractivity contribution < 1.29 is 185 Å². The molecule has 15 atom stereocenters. The lowest BCUT2D eigenvalue weighted by Crippen LogP contribution is -2.59. The Morgan fingerprint density at radius 3 is 0.978 bits per heavy atom. The Labute approximate surface area is 773 Å². The predicted octanol–water partition coefficient (Wildman–Crippen LogP) is -10.6. The summed E-state index contributed by atoms with van der Waals surface area (Å²) < 4.78 is 174. The number of nitrogens with zero attached hydrogens (tertiary/aromatic N) is 9. The van der Waals surface area contributed by atoms with Gasteiger partial charge in [-0.1, -0.05) is 15.6 Å². The third-order valence-corrected chi connectivity index (χ3v) is 23.4. The molecule has 7 amide bonds. The summed E-state index contributed by atoms with van der Waals surface area (Å²) in [4.78, 5) is 99.2. The highest BCUT2D eigenvalue weighted by Gasteiger charge is 2.48. The van der Waals surface area contributed by atoms with Gasteiger partial charge >= 0.3 is 5.97 Å². The molecule has 3 aliphatic rings. The highest BCUT2D eigenvalue weighted by atomic mass is 32.2. The van der Waals surface area contributed by atoms with Crippen molar-refractivity contribution in [3.63, 3.8) is 0 Å². The van der Waals surface area contributed by atoms with Crippen LogP contribution in [0.25, 0.3) is 0 Å². The molecule has 0 bridgehead atoms. The molecule has 16 N–H and O–H groups in total. The van der Waals surface area contributed by atoms with E-state index in [9.17, 15) is 110 Å². The van der Waals surface area contributed by atoms with Crippen LogP contribution in [-0.2, 0) is 183 Å². The number of aliphatic hydroxyl groups excluding tert-OH is 9. The van der Waals surface area contributed by atoms with Crippen molar-refractivity contribution in [1.29, 1.82) is 0 Å². The molecule has 0 saturated carbocycles. The lowest BCUT2D eigenvalue weighted by Gasteiger charge is -2.40. The molecule has 0 unspecified atom stereocenters. The molecule has 0 aliphatic carbocycles. The molecule has 0 spiro atoms. The number of hydrogen-bond acceptors (Lipinski definition) is 45. The maximum absolute atomic E-state index is 13.9. The third-order valence-electron chi connectivity index (χ3n) is 19.3. The number of esters is 1. The van der Waals surface area contributed by atoms with Crippen molar-refractivity contribution >= 4 is 77.4 Å². The number of amides is 7. The fraction of sp³-hybridized carbons (Fsp3) is 0.816. The van der Waals surface area contributed by atoms with Crippen LogP contribution in [-0.4, -0.2) is 442 Å². The van der Waals surface area contributed by atoms with Gasteiger partial charge in [0.15, 0.2) is 18.9 Å². The van der Waals surface area contributed by atoms with Crippen LogP contribution in [0.5, 0.6) is 0 Å². The van der Waals surface area contributed by atoms with E-state index in [0.29, 0.717) is 17.1 Å². The minimum Gasteiger partial charge on any atom is -0.458 e. The molecule has 3 aliphatic heterocycles. The van der Waals surface area contributed by atoms with Gasteiger partial charge in [0.1, 0.15) is 79.3 Å². The Morgan fingerprint density at radius 1 is 0.373 bits per heavy atom. The molecule has 6 rings (SSSR count). The summed E-state index contributed by atoms with van der Waals surface area (Å²) in [6.07, 6.45) is -19.7. The van der Waals surface area contributed by atoms with E-state index < -0.39 is 205 Å². The molecule has 0 aromatic carbocycles. The van der Waals surface area contributed by atoms with Crippen molar-refractivity contribution in [1.82, 2.24) is 80.4 Å². The second kappa shape index (κ2) is 59.4. The van der Waals surface area contributed by atoms with E-state index >= 15 is 0 Å². The van der Waals surface area contributed by atoms with Gasteiger partial charge < -0.3 is 143 Å². The molecule has 766 valence electrons. The Hall–Kier alpha value is -7.93. The van der Waals surface area contributed by atoms with Crippen LogP contribution in [0, 0.1) is 0 Å². The maximum atomic E-state index is 13.9. The van der Waals surface area contributed by atoms with E-state index in [1.165, 1.54) is 14.0 Å². The fourth-order valence-electron chi connectivity index (χ4n) is 12.8. The number of sulfonamides is 3. The van der Waals surface area contributed by atoms with Crippen molar-refractivity contribution in [3.8, 4) is 0 Å². The molecule has 134 heavy (non-hydrogen) atoms. The minimum atomic E-state index is -4.07. The van der Waals surface area contributed by atoms with E-state index in [4.69, 9.17) is 75.8 Å². The highest BCUT2D eigenvalue weighted by Crippen LogP contribution is 2.28. The number of ether oxygens (including phenoxy) is 16. The lowest BCUT2D eigenvalue weighted by atomic mass is 9.97. The third kappa shape index (κ3) is 45.6. The van der Waals surface area contributed by atoms with Crippen molar-refractivity contribution in [3.05, 3.63) is 35.7 Å². The molecule has 6 heterocycles. The number of nitrogens with one attached hydrogen (secondary N) is 7. The monoisotopic (exact) mass is 1990 g/mol. The van der Waals surface area contributed by atoms with Gasteiger partial charge in [0.25, 0.3) is 0 Å². The van der Waals surface area contributed by atoms with Gasteiger partial charge in [0.05, 0.1) is 198 Å². The average molecular weight is 1990 g/mol. The first-order valence-corrected chi connectivity index (χ1v) is 48.1. The van der Waals surface area contributed by atoms with Gasteiger partial charge in [-0.15, -0.1) is 15.3 Å². The standard InChI is InChI=1S/C76H130N16O39S3/c1-49(93)84-132(110,111)38-13-55-63(101)66(104)69(107)72(128-55)125-25-7-52-41-90(87-81-52)19-31-116-28-16-77-58(96)10-22-122-46-76(80-61(99)44-120-36-34-119-35-37-121-45-62(100)131-75(4,5)6,47-123-23-11-59(97)78-17-29-117-32-20-91-42-53(82-88-91)8-26-126-73-70(108)67(105)64(102)56(129-73)14-39-133(112,113)85-50(2)94)48-124-24-12-60(98)79-18-30-118-33-21-92-43-54(83-89-92)9-27-127-74-71(109)68(106)65(103)57(130-74)15-40-134(114,115)86-51(3)95/h41-43,55-57,63-74,101-109H,7-40,44-48H2,1-6H3,(H,77,96)(H,78,97)(H,79,98)(H,80,99)(H,84,93)(H,85,94)(H,86,95)/t55-,56-,57-,63-,64-,65-,66+,67+,68+,69+,70+,71+,72+,73+,74+/m1/s1. The van der Waals surface area contributed by atoms with Crippen LogP contribution in [0.2, 0.25) is 0 Å². The largest absolute Gasteiger partial charge is 0.458 e. The number of aromatic nitrogens is 9. The highest BCUT2D eigenvalue weighted by molar-refractivity contribution is 7.90. The van der Waals surface area contributed by atoms with Crippen molar-refractivity contribution in [2.24, 2.45) is 0 Å². The molecule has 0 radical (unpaired) electrons. The smallest absolute Gasteiger partial charge is 0.332 e. The number of rotatable bonds is 68.